The minimum absolute atomic E-state index is 0.0855. The van der Waals surface area contributed by atoms with E-state index in [0.29, 0.717) is 24.2 Å². The second kappa shape index (κ2) is 6.19. The number of hydrogen-bond acceptors (Lipinski definition) is 2. The summed E-state index contributed by atoms with van der Waals surface area (Å²) >= 11 is 0. The summed E-state index contributed by atoms with van der Waals surface area (Å²) < 4.78 is 13.8. The number of aryl methyl sites for hydroxylation is 1. The standard InChI is InChI=1S/C16H17FN2O/c1-11-3-2-4-14(15(11)17)16(20)19-10-9-12-5-7-13(18)8-6-12/h2-8H,9-10,18H2,1H3,(H,19,20). The van der Waals surface area contributed by atoms with E-state index in [0.717, 1.165) is 5.56 Å². The van der Waals surface area contributed by atoms with Crippen molar-refractivity contribution in [2.75, 3.05) is 12.3 Å². The van der Waals surface area contributed by atoms with Crippen molar-refractivity contribution in [3.63, 3.8) is 0 Å². The van der Waals surface area contributed by atoms with Crippen LogP contribution in [0.25, 0.3) is 0 Å². The molecular formula is C16H17FN2O. The lowest BCUT2D eigenvalue weighted by atomic mass is 10.1. The van der Waals surface area contributed by atoms with E-state index < -0.39 is 5.82 Å². The largest absolute Gasteiger partial charge is 0.399 e. The lowest BCUT2D eigenvalue weighted by Gasteiger charge is -2.07. The maximum atomic E-state index is 13.8. The van der Waals surface area contributed by atoms with Gasteiger partial charge in [0.25, 0.3) is 5.91 Å². The van der Waals surface area contributed by atoms with Crippen molar-refractivity contribution in [2.45, 2.75) is 13.3 Å². The molecule has 2 rings (SSSR count). The van der Waals surface area contributed by atoms with Crippen molar-refractivity contribution in [3.8, 4) is 0 Å². The third-order valence-corrected chi connectivity index (χ3v) is 3.12. The van der Waals surface area contributed by atoms with Crippen LogP contribution in [0.5, 0.6) is 0 Å². The van der Waals surface area contributed by atoms with Crippen molar-refractivity contribution in [1.29, 1.82) is 0 Å². The summed E-state index contributed by atoms with van der Waals surface area (Å²) in [5.41, 5.74) is 7.93. The minimum atomic E-state index is -0.461. The van der Waals surface area contributed by atoms with Gasteiger partial charge in [-0.25, -0.2) is 4.39 Å². The zero-order valence-corrected chi connectivity index (χ0v) is 11.3. The van der Waals surface area contributed by atoms with E-state index in [1.807, 2.05) is 24.3 Å². The van der Waals surface area contributed by atoms with Gasteiger partial charge in [0, 0.05) is 12.2 Å². The van der Waals surface area contributed by atoms with Gasteiger partial charge in [0.2, 0.25) is 0 Å². The van der Waals surface area contributed by atoms with Crippen LogP contribution in [0.4, 0.5) is 10.1 Å². The molecule has 0 saturated carbocycles. The first-order valence-corrected chi connectivity index (χ1v) is 6.45. The Labute approximate surface area is 117 Å². The molecule has 2 aromatic carbocycles. The van der Waals surface area contributed by atoms with E-state index in [1.165, 1.54) is 6.07 Å². The summed E-state index contributed by atoms with van der Waals surface area (Å²) in [5, 5.41) is 2.72. The molecule has 1 amide bonds. The second-order valence-corrected chi connectivity index (χ2v) is 4.68. The van der Waals surface area contributed by atoms with Gasteiger partial charge in [-0.2, -0.15) is 0 Å². The molecule has 0 aliphatic carbocycles. The van der Waals surface area contributed by atoms with Crippen LogP contribution in [-0.4, -0.2) is 12.5 Å². The molecule has 0 aromatic heterocycles. The van der Waals surface area contributed by atoms with Gasteiger partial charge < -0.3 is 11.1 Å². The van der Waals surface area contributed by atoms with Gasteiger partial charge in [0.15, 0.2) is 0 Å². The fourth-order valence-electron chi connectivity index (χ4n) is 1.92. The van der Waals surface area contributed by atoms with E-state index in [2.05, 4.69) is 5.32 Å². The van der Waals surface area contributed by atoms with Crippen LogP contribution in [0.15, 0.2) is 42.5 Å². The Hall–Kier alpha value is -2.36. The lowest BCUT2D eigenvalue weighted by Crippen LogP contribution is -2.26. The molecule has 4 heteroatoms. The Morgan fingerprint density at radius 3 is 2.60 bits per heavy atom. The zero-order valence-electron chi connectivity index (χ0n) is 11.3. The summed E-state index contributed by atoms with van der Waals surface area (Å²) in [7, 11) is 0. The molecule has 104 valence electrons. The van der Waals surface area contributed by atoms with E-state index in [1.54, 1.807) is 19.1 Å². The highest BCUT2D eigenvalue weighted by molar-refractivity contribution is 5.94. The Balaban J connectivity index is 1.92. The normalized spacial score (nSPS) is 10.3. The third-order valence-electron chi connectivity index (χ3n) is 3.12. The van der Waals surface area contributed by atoms with Crippen LogP contribution >= 0.6 is 0 Å². The smallest absolute Gasteiger partial charge is 0.254 e. The Kier molecular flexibility index (Phi) is 4.35. The van der Waals surface area contributed by atoms with Crippen molar-refractivity contribution in [1.82, 2.24) is 5.32 Å². The average Bonchev–Trinajstić information content (AvgIpc) is 2.44. The third kappa shape index (κ3) is 3.35. The fourth-order valence-corrected chi connectivity index (χ4v) is 1.92. The van der Waals surface area contributed by atoms with E-state index in [-0.39, 0.29) is 11.5 Å². The predicted molar refractivity (Wildman–Crippen MR) is 78.0 cm³/mol. The van der Waals surface area contributed by atoms with Crippen LogP contribution in [-0.2, 0) is 6.42 Å². The van der Waals surface area contributed by atoms with Gasteiger partial charge in [0.05, 0.1) is 5.56 Å². The van der Waals surface area contributed by atoms with Crippen LogP contribution < -0.4 is 11.1 Å². The first kappa shape index (κ1) is 14.1. The molecule has 0 heterocycles. The van der Waals surface area contributed by atoms with Crippen LogP contribution in [0.3, 0.4) is 0 Å². The van der Waals surface area contributed by atoms with Gasteiger partial charge in [-0.05, 0) is 42.7 Å². The first-order valence-electron chi connectivity index (χ1n) is 6.45. The molecule has 0 aliphatic heterocycles. The molecule has 0 radical (unpaired) electrons. The van der Waals surface area contributed by atoms with Crippen molar-refractivity contribution in [2.24, 2.45) is 0 Å². The zero-order chi connectivity index (χ0) is 14.5. The summed E-state index contributed by atoms with van der Waals surface area (Å²) in [4.78, 5) is 11.9. The number of nitrogens with one attached hydrogen (secondary N) is 1. The first-order chi connectivity index (χ1) is 9.58. The van der Waals surface area contributed by atoms with E-state index in [4.69, 9.17) is 5.73 Å². The summed E-state index contributed by atoms with van der Waals surface area (Å²) in [6, 6.07) is 12.3. The maximum Gasteiger partial charge on any atom is 0.254 e. The van der Waals surface area contributed by atoms with Crippen LogP contribution in [0.1, 0.15) is 21.5 Å². The Morgan fingerprint density at radius 1 is 1.20 bits per heavy atom. The highest BCUT2D eigenvalue weighted by Gasteiger charge is 2.12. The topological polar surface area (TPSA) is 55.1 Å². The van der Waals surface area contributed by atoms with Crippen molar-refractivity contribution < 1.29 is 9.18 Å². The van der Waals surface area contributed by atoms with Gasteiger partial charge >= 0.3 is 0 Å². The number of halogens is 1. The molecular weight excluding hydrogens is 255 g/mol. The number of carbonyl (C=O) groups excluding carboxylic acids is 1. The quantitative estimate of drug-likeness (QED) is 0.841. The fraction of sp³-hybridized carbons (Fsp3) is 0.188. The van der Waals surface area contributed by atoms with Crippen molar-refractivity contribution in [3.05, 3.63) is 65.0 Å². The average molecular weight is 272 g/mol. The van der Waals surface area contributed by atoms with Gasteiger partial charge in [-0.3, -0.25) is 4.79 Å². The number of benzene rings is 2. The highest BCUT2D eigenvalue weighted by atomic mass is 19.1. The predicted octanol–water partition coefficient (Wildman–Crippen LogP) is 2.69. The minimum Gasteiger partial charge on any atom is -0.399 e. The summed E-state index contributed by atoms with van der Waals surface area (Å²) in [6.07, 6.45) is 0.680. The molecule has 3 N–H and O–H groups in total. The number of anilines is 1. The molecule has 0 unspecified atom stereocenters. The molecule has 0 aliphatic rings. The maximum absolute atomic E-state index is 13.8. The monoisotopic (exact) mass is 272 g/mol. The number of amides is 1. The van der Waals surface area contributed by atoms with Gasteiger partial charge in [-0.15, -0.1) is 0 Å². The number of hydrogen-bond donors (Lipinski definition) is 2. The molecule has 0 saturated heterocycles. The van der Waals surface area contributed by atoms with Gasteiger partial charge in [-0.1, -0.05) is 24.3 Å². The SMILES string of the molecule is Cc1cccc(C(=O)NCCc2ccc(N)cc2)c1F. The Morgan fingerprint density at radius 2 is 1.90 bits per heavy atom. The molecule has 0 spiro atoms. The molecule has 0 fully saturated rings. The number of carbonyl (C=O) groups is 1. The molecule has 20 heavy (non-hydrogen) atoms. The molecule has 2 aromatic rings. The number of nitrogen functional groups attached to an aromatic ring is 1. The molecule has 0 bridgehead atoms. The number of rotatable bonds is 4. The molecule has 3 nitrogen and oxygen atoms in total. The Bertz CT molecular complexity index is 608. The van der Waals surface area contributed by atoms with Crippen LogP contribution in [0.2, 0.25) is 0 Å². The number of nitrogens with two attached hydrogens (primary N) is 1. The van der Waals surface area contributed by atoms with Crippen LogP contribution in [0, 0.1) is 12.7 Å². The summed E-state index contributed by atoms with van der Waals surface area (Å²) in [5.74, 6) is -0.848. The molecule has 0 atom stereocenters. The lowest BCUT2D eigenvalue weighted by molar-refractivity contribution is 0.0950. The van der Waals surface area contributed by atoms with Gasteiger partial charge in [0.1, 0.15) is 5.82 Å². The van der Waals surface area contributed by atoms with E-state index in [9.17, 15) is 9.18 Å². The highest BCUT2D eigenvalue weighted by Crippen LogP contribution is 2.11. The van der Waals surface area contributed by atoms with E-state index >= 15 is 0 Å². The van der Waals surface area contributed by atoms with Crippen molar-refractivity contribution >= 4 is 11.6 Å². The second-order valence-electron chi connectivity index (χ2n) is 4.68. The summed E-state index contributed by atoms with van der Waals surface area (Å²) in [6.45, 7) is 2.09.